The Kier molecular flexibility index (Phi) is 9.61. The van der Waals surface area contributed by atoms with E-state index in [9.17, 15) is 8.78 Å². The molecule has 0 spiro atoms. The molecule has 0 bridgehead atoms. The highest BCUT2D eigenvalue weighted by molar-refractivity contribution is 6.02. The molecule has 290 valence electrons. The number of alkyl halides is 2. The second kappa shape index (κ2) is 14.7. The Morgan fingerprint density at radius 1 is 1.00 bits per heavy atom. The number of benzene rings is 2. The van der Waals surface area contributed by atoms with Crippen molar-refractivity contribution in [3.8, 4) is 35.5 Å². The Morgan fingerprint density at radius 3 is 2.73 bits per heavy atom. The Labute approximate surface area is 322 Å². The van der Waals surface area contributed by atoms with Gasteiger partial charge in [-0.3, -0.25) is 4.90 Å². The number of fused-ring (bicyclic) bond motifs is 4. The maximum absolute atomic E-state index is 17.4. The third-order valence-corrected chi connectivity index (χ3v) is 12.2. The third kappa shape index (κ3) is 6.25. The third-order valence-electron chi connectivity index (χ3n) is 12.2. The molecule has 1 N–H and O–H groups in total. The van der Waals surface area contributed by atoms with Gasteiger partial charge in [-0.25, -0.2) is 27.5 Å². The molecule has 9 rings (SSSR count). The summed E-state index contributed by atoms with van der Waals surface area (Å²) in [6.07, 6.45) is 11.0. The van der Waals surface area contributed by atoms with Crippen LogP contribution < -0.4 is 19.7 Å². The van der Waals surface area contributed by atoms with Crippen LogP contribution in [-0.4, -0.2) is 86.3 Å². The van der Waals surface area contributed by atoms with Gasteiger partial charge >= 0.3 is 6.01 Å². The Bertz CT molecular complexity index is 2360. The van der Waals surface area contributed by atoms with E-state index in [0.717, 1.165) is 58.0 Å². The molecular weight excluding hydrogens is 725 g/mol. The van der Waals surface area contributed by atoms with Crippen LogP contribution >= 0.6 is 0 Å². The quantitative estimate of drug-likeness (QED) is 0.123. The van der Waals surface area contributed by atoms with Gasteiger partial charge in [0.1, 0.15) is 36.1 Å². The number of terminal acetylenes is 1. The standard InChI is InChI=1S/C42H42F4N8O2/c1-3-26-28(43)13-12-24-8-5-9-27(33(24)26)36-35(44)37-34-30(49-36)10-6-11-31-29(4-2)47-19-21-53(31)40(34)52-41(51-37)56-23-42-16-7-20-54(42)25(14-17-42)22-55-32-15-18-48-39(50-32)38(45)46/h1,5,8-9,12-13,15,18,25,29,31,38,47H,4,6-7,10-11,14,16-17,19-23H2,2H3/t25-,29-,31+,42-/m0/s1. The summed E-state index contributed by atoms with van der Waals surface area (Å²) in [5.41, 5.74) is 0.978. The lowest BCUT2D eigenvalue weighted by Crippen LogP contribution is -2.58. The fourth-order valence-corrected chi connectivity index (χ4v) is 9.65. The van der Waals surface area contributed by atoms with Crippen molar-refractivity contribution in [3.05, 3.63) is 71.3 Å². The summed E-state index contributed by atoms with van der Waals surface area (Å²) < 4.78 is 71.4. The summed E-state index contributed by atoms with van der Waals surface area (Å²) in [4.78, 5) is 27.0. The molecule has 7 heterocycles. The van der Waals surface area contributed by atoms with Gasteiger partial charge in [0.15, 0.2) is 11.6 Å². The number of nitrogens with zero attached hydrogens (tertiary/aromatic N) is 7. The van der Waals surface area contributed by atoms with Gasteiger partial charge in [0.05, 0.1) is 22.2 Å². The Balaban J connectivity index is 1.10. The van der Waals surface area contributed by atoms with Crippen LogP contribution in [0.2, 0.25) is 0 Å². The number of piperazine rings is 1. The number of halogens is 4. The van der Waals surface area contributed by atoms with Gasteiger partial charge in [-0.05, 0) is 69.4 Å². The van der Waals surface area contributed by atoms with Gasteiger partial charge in [-0.15, -0.1) is 6.42 Å². The maximum Gasteiger partial charge on any atom is 0.319 e. The summed E-state index contributed by atoms with van der Waals surface area (Å²) in [5, 5.41) is 5.34. The van der Waals surface area contributed by atoms with E-state index in [1.807, 2.05) is 6.07 Å². The molecule has 0 saturated carbocycles. The summed E-state index contributed by atoms with van der Waals surface area (Å²) >= 11 is 0. The number of rotatable bonds is 9. The van der Waals surface area contributed by atoms with Crippen molar-refractivity contribution in [2.75, 3.05) is 37.7 Å². The second-order valence-corrected chi connectivity index (χ2v) is 15.2. The highest BCUT2D eigenvalue weighted by Gasteiger charge is 2.50. The van der Waals surface area contributed by atoms with Crippen LogP contribution in [-0.2, 0) is 6.42 Å². The molecule has 3 aromatic heterocycles. The molecule has 14 heteroatoms. The van der Waals surface area contributed by atoms with E-state index in [1.165, 1.54) is 18.3 Å². The minimum absolute atomic E-state index is 0.0247. The van der Waals surface area contributed by atoms with Crippen molar-refractivity contribution in [2.24, 2.45) is 0 Å². The average Bonchev–Trinajstić information content (AvgIpc) is 3.78. The first-order chi connectivity index (χ1) is 27.3. The van der Waals surface area contributed by atoms with Crippen LogP contribution in [0, 0.1) is 24.0 Å². The van der Waals surface area contributed by atoms with Gasteiger partial charge in [-0.2, -0.15) is 15.0 Å². The van der Waals surface area contributed by atoms with Crippen molar-refractivity contribution in [2.45, 2.75) is 88.4 Å². The molecule has 4 aliphatic rings. The number of ether oxygens (including phenoxy) is 2. The number of nitrogens with one attached hydrogen (secondary N) is 1. The van der Waals surface area contributed by atoms with E-state index in [0.29, 0.717) is 46.2 Å². The number of anilines is 1. The summed E-state index contributed by atoms with van der Waals surface area (Å²) in [6.45, 7) is 4.98. The van der Waals surface area contributed by atoms with Crippen LogP contribution in [0.5, 0.6) is 11.9 Å². The first-order valence-corrected chi connectivity index (χ1v) is 19.5. The molecule has 10 nitrogen and oxygen atoms in total. The number of aromatic nitrogens is 5. The number of pyridine rings is 1. The second-order valence-electron chi connectivity index (χ2n) is 15.2. The molecular formula is C42H42F4N8O2. The van der Waals surface area contributed by atoms with Gasteiger partial charge < -0.3 is 19.7 Å². The molecule has 0 unspecified atom stereocenters. The molecule has 3 fully saturated rings. The van der Waals surface area contributed by atoms with E-state index < -0.39 is 23.9 Å². The van der Waals surface area contributed by atoms with Crippen molar-refractivity contribution in [3.63, 3.8) is 0 Å². The van der Waals surface area contributed by atoms with Crippen molar-refractivity contribution >= 4 is 27.5 Å². The van der Waals surface area contributed by atoms with Crippen LogP contribution in [0.1, 0.15) is 75.4 Å². The minimum Gasteiger partial charge on any atom is -0.476 e. The Morgan fingerprint density at radius 2 is 1.89 bits per heavy atom. The van der Waals surface area contributed by atoms with E-state index in [-0.39, 0.29) is 65.5 Å². The van der Waals surface area contributed by atoms with E-state index in [4.69, 9.17) is 30.8 Å². The molecule has 0 amide bonds. The topological polar surface area (TPSA) is 101 Å². The lowest BCUT2D eigenvalue weighted by Gasteiger charge is -2.44. The van der Waals surface area contributed by atoms with E-state index in [2.05, 4.69) is 37.9 Å². The zero-order valence-electron chi connectivity index (χ0n) is 31.1. The van der Waals surface area contributed by atoms with Crippen LogP contribution in [0.15, 0.2) is 42.6 Å². The molecule has 4 aliphatic heterocycles. The number of aryl methyl sites for hydroxylation is 1. The average molecular weight is 767 g/mol. The molecule has 0 radical (unpaired) electrons. The van der Waals surface area contributed by atoms with Crippen molar-refractivity contribution in [1.82, 2.24) is 35.1 Å². The fourth-order valence-electron chi connectivity index (χ4n) is 9.65. The molecule has 2 aromatic carbocycles. The highest BCUT2D eigenvalue weighted by Crippen LogP contribution is 2.44. The Hall–Kier alpha value is -5.13. The summed E-state index contributed by atoms with van der Waals surface area (Å²) in [6, 6.07) is 10.3. The predicted molar refractivity (Wildman–Crippen MR) is 204 cm³/mol. The molecule has 56 heavy (non-hydrogen) atoms. The van der Waals surface area contributed by atoms with Gasteiger partial charge in [-0.1, -0.05) is 37.1 Å². The van der Waals surface area contributed by atoms with Crippen molar-refractivity contribution in [1.29, 1.82) is 0 Å². The first-order valence-electron chi connectivity index (χ1n) is 19.5. The highest BCUT2D eigenvalue weighted by atomic mass is 19.3. The normalized spacial score (nSPS) is 23.5. The fraction of sp³-hybridized carbons (Fsp3) is 0.452. The monoisotopic (exact) mass is 766 g/mol. The SMILES string of the molecule is C#Cc1c(F)ccc2cccc(-c3nc4c5c(nc(OC[C@@]67CCCN6[C@H](COc6ccnc(C(F)F)n6)CC7)nc5c3F)N3CCN[C@@H](CC)[C@H]3CCC4)c12. The van der Waals surface area contributed by atoms with Crippen LogP contribution in [0.4, 0.5) is 23.4 Å². The largest absolute Gasteiger partial charge is 0.476 e. The van der Waals surface area contributed by atoms with Crippen molar-refractivity contribution < 1.29 is 27.0 Å². The zero-order valence-corrected chi connectivity index (χ0v) is 31.1. The molecule has 5 aromatic rings. The smallest absolute Gasteiger partial charge is 0.319 e. The predicted octanol–water partition coefficient (Wildman–Crippen LogP) is 7.18. The minimum atomic E-state index is -2.79. The lowest BCUT2D eigenvalue weighted by atomic mass is 9.91. The molecule has 4 atom stereocenters. The van der Waals surface area contributed by atoms with Crippen LogP contribution in [0.25, 0.3) is 32.9 Å². The van der Waals surface area contributed by atoms with Gasteiger partial charge in [0.25, 0.3) is 6.43 Å². The van der Waals surface area contributed by atoms with Gasteiger partial charge in [0.2, 0.25) is 5.88 Å². The maximum atomic E-state index is 17.4. The van der Waals surface area contributed by atoms with E-state index in [1.54, 1.807) is 18.2 Å². The molecule has 3 saturated heterocycles. The summed E-state index contributed by atoms with van der Waals surface area (Å²) in [5.74, 6) is 1.44. The van der Waals surface area contributed by atoms with Crippen LogP contribution in [0.3, 0.4) is 0 Å². The van der Waals surface area contributed by atoms with Gasteiger partial charge in [0, 0.05) is 54.4 Å². The molecule has 0 aliphatic carbocycles. The number of hydrogen-bond donors (Lipinski definition) is 1. The lowest BCUT2D eigenvalue weighted by molar-refractivity contribution is 0.0675. The zero-order chi connectivity index (χ0) is 38.6. The van der Waals surface area contributed by atoms with E-state index >= 15 is 8.78 Å². The summed E-state index contributed by atoms with van der Waals surface area (Å²) in [7, 11) is 0. The first kappa shape index (κ1) is 36.5. The number of hydrogen-bond acceptors (Lipinski definition) is 10.